The largest absolute Gasteiger partial charge is 0.318 e. The van der Waals surface area contributed by atoms with Gasteiger partial charge in [0, 0.05) is 42.2 Å². The van der Waals surface area contributed by atoms with Crippen molar-refractivity contribution in [2.75, 3.05) is 0 Å². The van der Waals surface area contributed by atoms with Crippen molar-refractivity contribution >= 4 is 0 Å². The summed E-state index contributed by atoms with van der Waals surface area (Å²) in [7, 11) is 0. The van der Waals surface area contributed by atoms with E-state index in [0.29, 0.717) is 17.8 Å². The number of pyridine rings is 1. The molecule has 22 heavy (non-hydrogen) atoms. The topological polar surface area (TPSA) is 34.0 Å². The van der Waals surface area contributed by atoms with Gasteiger partial charge in [0.2, 0.25) is 0 Å². The molecule has 1 unspecified atom stereocenters. The second-order valence-corrected chi connectivity index (χ2v) is 5.46. The van der Waals surface area contributed by atoms with Crippen molar-refractivity contribution in [3.8, 4) is 5.69 Å². The fourth-order valence-corrected chi connectivity index (χ4v) is 2.16. The van der Waals surface area contributed by atoms with Gasteiger partial charge in [0.25, 0.3) is 0 Å². The van der Waals surface area contributed by atoms with E-state index in [1.807, 2.05) is 13.8 Å². The molecule has 0 saturated heterocycles. The standard InChI is InChI=1S/C17H20F2N2O/c1-4-11(2)20-9-13-10-21(12(3)7-17(13)22)16-8-14(18)5-6-15(16)19/h5-8,10-11,20H,4,9H2,1-3H3. The minimum Gasteiger partial charge on any atom is -0.318 e. The molecule has 0 saturated carbocycles. The van der Waals surface area contributed by atoms with Gasteiger partial charge in [-0.1, -0.05) is 6.92 Å². The SMILES string of the molecule is CCC(C)NCc1cn(-c2cc(F)ccc2F)c(C)cc1=O. The van der Waals surface area contributed by atoms with Gasteiger partial charge in [-0.25, -0.2) is 8.78 Å². The second kappa shape index (κ2) is 6.83. The summed E-state index contributed by atoms with van der Waals surface area (Å²) in [6, 6.07) is 5.00. The quantitative estimate of drug-likeness (QED) is 0.919. The third kappa shape index (κ3) is 3.60. The van der Waals surface area contributed by atoms with Crippen LogP contribution < -0.4 is 10.7 Å². The van der Waals surface area contributed by atoms with Crippen LogP contribution in [0.3, 0.4) is 0 Å². The summed E-state index contributed by atoms with van der Waals surface area (Å²) in [6.45, 7) is 6.16. The maximum absolute atomic E-state index is 14.0. The molecule has 0 aliphatic heterocycles. The third-order valence-electron chi connectivity index (χ3n) is 3.74. The average molecular weight is 306 g/mol. The number of benzene rings is 1. The Morgan fingerprint density at radius 2 is 2.00 bits per heavy atom. The first-order valence-electron chi connectivity index (χ1n) is 7.33. The number of nitrogens with one attached hydrogen (secondary N) is 1. The Bertz CT molecular complexity index is 725. The van der Waals surface area contributed by atoms with E-state index < -0.39 is 11.6 Å². The van der Waals surface area contributed by atoms with E-state index in [2.05, 4.69) is 5.32 Å². The normalized spacial score (nSPS) is 12.4. The minimum atomic E-state index is -0.533. The third-order valence-corrected chi connectivity index (χ3v) is 3.74. The highest BCUT2D eigenvalue weighted by atomic mass is 19.1. The fraction of sp³-hybridized carbons (Fsp3) is 0.353. The zero-order valence-corrected chi connectivity index (χ0v) is 13.0. The molecule has 0 amide bonds. The lowest BCUT2D eigenvalue weighted by Crippen LogP contribution is -2.28. The van der Waals surface area contributed by atoms with Crippen LogP contribution >= 0.6 is 0 Å². The lowest BCUT2D eigenvalue weighted by Gasteiger charge is -2.15. The Hall–Kier alpha value is -2.01. The molecule has 1 heterocycles. The molecule has 118 valence electrons. The average Bonchev–Trinajstić information content (AvgIpc) is 2.49. The Balaban J connectivity index is 2.44. The molecule has 2 rings (SSSR count). The summed E-state index contributed by atoms with van der Waals surface area (Å²) in [6.07, 6.45) is 2.52. The van der Waals surface area contributed by atoms with Crippen LogP contribution in [0.2, 0.25) is 0 Å². The fourth-order valence-electron chi connectivity index (χ4n) is 2.16. The molecule has 1 aromatic carbocycles. The Morgan fingerprint density at radius 1 is 1.27 bits per heavy atom. The Morgan fingerprint density at radius 3 is 2.68 bits per heavy atom. The minimum absolute atomic E-state index is 0.0993. The number of aryl methyl sites for hydroxylation is 1. The van der Waals surface area contributed by atoms with Crippen molar-refractivity contribution in [3.63, 3.8) is 0 Å². The molecular formula is C17H20F2N2O. The van der Waals surface area contributed by atoms with Crippen LogP contribution in [0.1, 0.15) is 31.5 Å². The highest BCUT2D eigenvalue weighted by Gasteiger charge is 2.11. The molecule has 0 radical (unpaired) electrons. The summed E-state index contributed by atoms with van der Waals surface area (Å²) >= 11 is 0. The van der Waals surface area contributed by atoms with Crippen LogP contribution in [0.4, 0.5) is 8.78 Å². The zero-order valence-electron chi connectivity index (χ0n) is 13.0. The number of rotatable bonds is 5. The smallest absolute Gasteiger partial charge is 0.186 e. The van der Waals surface area contributed by atoms with Gasteiger partial charge in [-0.05, 0) is 32.4 Å². The van der Waals surface area contributed by atoms with Crippen LogP contribution in [-0.2, 0) is 6.54 Å². The molecule has 0 aliphatic rings. The van der Waals surface area contributed by atoms with Gasteiger partial charge < -0.3 is 9.88 Å². The number of halogens is 2. The van der Waals surface area contributed by atoms with Crippen molar-refractivity contribution < 1.29 is 8.78 Å². The van der Waals surface area contributed by atoms with Crippen LogP contribution in [0.25, 0.3) is 5.69 Å². The second-order valence-electron chi connectivity index (χ2n) is 5.46. The molecule has 3 nitrogen and oxygen atoms in total. The number of aromatic nitrogens is 1. The van der Waals surface area contributed by atoms with Gasteiger partial charge in [0.15, 0.2) is 5.43 Å². The summed E-state index contributed by atoms with van der Waals surface area (Å²) in [4.78, 5) is 12.1. The van der Waals surface area contributed by atoms with Gasteiger partial charge in [-0.15, -0.1) is 0 Å². The van der Waals surface area contributed by atoms with Crippen LogP contribution in [-0.4, -0.2) is 10.6 Å². The highest BCUT2D eigenvalue weighted by molar-refractivity contribution is 5.37. The van der Waals surface area contributed by atoms with E-state index in [9.17, 15) is 13.6 Å². The molecular weight excluding hydrogens is 286 g/mol. The molecule has 5 heteroatoms. The van der Waals surface area contributed by atoms with Crippen LogP contribution in [0, 0.1) is 18.6 Å². The monoisotopic (exact) mass is 306 g/mol. The molecule has 0 spiro atoms. The lowest BCUT2D eigenvalue weighted by molar-refractivity contribution is 0.531. The first kappa shape index (κ1) is 16.4. The van der Waals surface area contributed by atoms with Crippen molar-refractivity contribution in [2.45, 2.75) is 39.8 Å². The molecule has 1 aromatic heterocycles. The van der Waals surface area contributed by atoms with Gasteiger partial charge in [-0.2, -0.15) is 0 Å². The Kier molecular flexibility index (Phi) is 5.08. The number of hydrogen-bond acceptors (Lipinski definition) is 2. The maximum Gasteiger partial charge on any atom is 0.186 e. The first-order valence-corrected chi connectivity index (χ1v) is 7.33. The predicted molar refractivity (Wildman–Crippen MR) is 83.3 cm³/mol. The highest BCUT2D eigenvalue weighted by Crippen LogP contribution is 2.17. The van der Waals surface area contributed by atoms with E-state index >= 15 is 0 Å². The van der Waals surface area contributed by atoms with Gasteiger partial charge in [-0.3, -0.25) is 4.79 Å². The summed E-state index contributed by atoms with van der Waals surface area (Å²) in [5.74, 6) is -1.05. The molecule has 0 fully saturated rings. The number of nitrogens with zero attached hydrogens (tertiary/aromatic N) is 1. The summed E-state index contributed by atoms with van der Waals surface area (Å²) < 4.78 is 28.9. The molecule has 1 atom stereocenters. The summed E-state index contributed by atoms with van der Waals surface area (Å²) in [5, 5.41) is 3.23. The van der Waals surface area contributed by atoms with Crippen LogP contribution in [0.5, 0.6) is 0 Å². The van der Waals surface area contributed by atoms with Crippen molar-refractivity contribution in [1.82, 2.24) is 9.88 Å². The zero-order chi connectivity index (χ0) is 16.3. The van der Waals surface area contributed by atoms with E-state index in [4.69, 9.17) is 0 Å². The van der Waals surface area contributed by atoms with Gasteiger partial charge in [0.05, 0.1) is 5.69 Å². The molecule has 1 N–H and O–H groups in total. The molecule has 2 aromatic rings. The number of hydrogen-bond donors (Lipinski definition) is 1. The van der Waals surface area contributed by atoms with E-state index in [0.717, 1.165) is 24.6 Å². The van der Waals surface area contributed by atoms with Crippen LogP contribution in [0.15, 0.2) is 35.3 Å². The Labute approximate surface area is 128 Å². The van der Waals surface area contributed by atoms with E-state index in [-0.39, 0.29) is 17.2 Å². The molecule has 0 bridgehead atoms. The maximum atomic E-state index is 14.0. The van der Waals surface area contributed by atoms with Crippen molar-refractivity contribution in [3.05, 3.63) is 63.6 Å². The van der Waals surface area contributed by atoms with Gasteiger partial charge in [0.1, 0.15) is 11.6 Å². The molecule has 0 aliphatic carbocycles. The predicted octanol–water partition coefficient (Wildman–Crippen LogP) is 3.31. The van der Waals surface area contributed by atoms with E-state index in [1.165, 1.54) is 10.6 Å². The van der Waals surface area contributed by atoms with Crippen molar-refractivity contribution in [1.29, 1.82) is 0 Å². The lowest BCUT2D eigenvalue weighted by atomic mass is 10.2. The summed E-state index contributed by atoms with van der Waals surface area (Å²) in [5.41, 5.74) is 1.07. The van der Waals surface area contributed by atoms with Gasteiger partial charge >= 0.3 is 0 Å². The first-order chi connectivity index (χ1) is 10.4. The van der Waals surface area contributed by atoms with E-state index in [1.54, 1.807) is 13.1 Å². The van der Waals surface area contributed by atoms with Crippen molar-refractivity contribution in [2.24, 2.45) is 0 Å².